The maximum absolute atomic E-state index is 10.5. The lowest BCUT2D eigenvalue weighted by Crippen LogP contribution is -2.14. The van der Waals surface area contributed by atoms with Gasteiger partial charge in [0, 0.05) is 11.4 Å². The Morgan fingerprint density at radius 1 is 1.79 bits per heavy atom. The Morgan fingerprint density at radius 3 is 3.00 bits per heavy atom. The first-order valence-corrected chi connectivity index (χ1v) is 5.46. The van der Waals surface area contributed by atoms with Crippen molar-refractivity contribution in [1.82, 2.24) is 4.98 Å². The minimum atomic E-state index is -0.975. The molecule has 0 aliphatic carbocycles. The van der Waals surface area contributed by atoms with E-state index in [1.165, 1.54) is 11.3 Å². The van der Waals surface area contributed by atoms with E-state index in [4.69, 9.17) is 5.11 Å². The first-order valence-electron chi connectivity index (χ1n) is 4.58. The number of carboxylic acids is 1. The second-order valence-corrected chi connectivity index (χ2v) is 4.04. The zero-order valence-electron chi connectivity index (χ0n) is 8.28. The first-order chi connectivity index (χ1) is 6.63. The van der Waals surface area contributed by atoms with Crippen molar-refractivity contribution >= 4 is 22.4 Å². The molecule has 0 spiro atoms. The van der Waals surface area contributed by atoms with Crippen molar-refractivity contribution < 1.29 is 9.90 Å². The van der Waals surface area contributed by atoms with Crippen molar-refractivity contribution in [3.63, 3.8) is 0 Å². The summed E-state index contributed by atoms with van der Waals surface area (Å²) < 4.78 is 0. The van der Waals surface area contributed by atoms with Crippen LogP contribution in [0.3, 0.4) is 0 Å². The highest BCUT2D eigenvalue weighted by molar-refractivity contribution is 7.13. The fourth-order valence-corrected chi connectivity index (χ4v) is 1.95. The van der Waals surface area contributed by atoms with Gasteiger partial charge in [-0.05, 0) is 13.3 Å². The van der Waals surface area contributed by atoms with Gasteiger partial charge < -0.3 is 10.4 Å². The van der Waals surface area contributed by atoms with E-state index in [1.807, 2.05) is 0 Å². The van der Waals surface area contributed by atoms with Gasteiger partial charge in [-0.3, -0.25) is 0 Å². The van der Waals surface area contributed by atoms with Crippen LogP contribution < -0.4 is 5.32 Å². The number of nitrogens with zero attached hydrogens (tertiary/aromatic N) is 1. The van der Waals surface area contributed by atoms with E-state index in [0.717, 1.165) is 12.8 Å². The number of rotatable bonds is 5. The van der Waals surface area contributed by atoms with Crippen molar-refractivity contribution in [2.24, 2.45) is 0 Å². The van der Waals surface area contributed by atoms with E-state index in [2.05, 4.69) is 24.1 Å². The van der Waals surface area contributed by atoms with Crippen molar-refractivity contribution in [2.75, 3.05) is 5.32 Å². The standard InChI is InChI=1S/C9H14N2O2S/c1-3-4-6(2)10-9-11-7(5-14-9)8(12)13/h5-6H,3-4H2,1-2H3,(H,10,11)(H,12,13). The largest absolute Gasteiger partial charge is 0.476 e. The van der Waals surface area contributed by atoms with Gasteiger partial charge in [-0.25, -0.2) is 9.78 Å². The Balaban J connectivity index is 2.55. The van der Waals surface area contributed by atoms with Crippen molar-refractivity contribution in [3.05, 3.63) is 11.1 Å². The summed E-state index contributed by atoms with van der Waals surface area (Å²) in [5.41, 5.74) is 0.112. The number of carboxylic acid groups (broad SMARTS) is 1. The number of aromatic nitrogens is 1. The van der Waals surface area contributed by atoms with Gasteiger partial charge in [-0.2, -0.15) is 0 Å². The van der Waals surface area contributed by atoms with Crippen LogP contribution in [0.2, 0.25) is 0 Å². The molecule has 14 heavy (non-hydrogen) atoms. The van der Waals surface area contributed by atoms with Gasteiger partial charge in [0.1, 0.15) is 0 Å². The van der Waals surface area contributed by atoms with E-state index in [0.29, 0.717) is 11.2 Å². The predicted octanol–water partition coefficient (Wildman–Crippen LogP) is 2.44. The minimum Gasteiger partial charge on any atom is -0.476 e. The number of thiazole rings is 1. The summed E-state index contributed by atoms with van der Waals surface area (Å²) in [6.07, 6.45) is 2.16. The Morgan fingerprint density at radius 2 is 2.50 bits per heavy atom. The maximum atomic E-state index is 10.5. The monoisotopic (exact) mass is 214 g/mol. The zero-order valence-corrected chi connectivity index (χ0v) is 9.10. The molecule has 1 unspecified atom stereocenters. The number of anilines is 1. The molecular weight excluding hydrogens is 200 g/mol. The smallest absolute Gasteiger partial charge is 0.355 e. The van der Waals surface area contributed by atoms with Gasteiger partial charge in [0.2, 0.25) is 0 Å². The van der Waals surface area contributed by atoms with Crippen molar-refractivity contribution in [3.8, 4) is 0 Å². The summed E-state index contributed by atoms with van der Waals surface area (Å²) in [6.45, 7) is 4.17. The molecule has 4 nitrogen and oxygen atoms in total. The molecule has 0 fully saturated rings. The number of hydrogen-bond acceptors (Lipinski definition) is 4. The molecular formula is C9H14N2O2S. The second kappa shape index (κ2) is 4.95. The molecule has 1 aromatic heterocycles. The fraction of sp³-hybridized carbons (Fsp3) is 0.556. The maximum Gasteiger partial charge on any atom is 0.355 e. The van der Waals surface area contributed by atoms with Crippen LogP contribution in [0.15, 0.2) is 5.38 Å². The number of hydrogen-bond donors (Lipinski definition) is 2. The van der Waals surface area contributed by atoms with Crippen LogP contribution in [0.1, 0.15) is 37.2 Å². The van der Waals surface area contributed by atoms with E-state index < -0.39 is 5.97 Å². The Hall–Kier alpha value is -1.10. The molecule has 1 aromatic rings. The van der Waals surface area contributed by atoms with Crippen LogP contribution >= 0.6 is 11.3 Å². The normalized spacial score (nSPS) is 12.4. The quantitative estimate of drug-likeness (QED) is 0.790. The molecule has 1 atom stereocenters. The van der Waals surface area contributed by atoms with Crippen LogP contribution in [0.5, 0.6) is 0 Å². The van der Waals surface area contributed by atoms with Gasteiger partial charge in [-0.15, -0.1) is 11.3 Å². The number of nitrogens with one attached hydrogen (secondary N) is 1. The van der Waals surface area contributed by atoms with Crippen LogP contribution in [0.4, 0.5) is 5.13 Å². The van der Waals surface area contributed by atoms with Crippen molar-refractivity contribution in [2.45, 2.75) is 32.7 Å². The SMILES string of the molecule is CCCC(C)Nc1nc(C(=O)O)cs1. The molecule has 1 rings (SSSR count). The number of aromatic carboxylic acids is 1. The third kappa shape index (κ3) is 2.99. The average Bonchev–Trinajstić information content (AvgIpc) is 2.53. The highest BCUT2D eigenvalue weighted by atomic mass is 32.1. The molecule has 0 saturated heterocycles. The topological polar surface area (TPSA) is 62.2 Å². The van der Waals surface area contributed by atoms with Crippen LogP contribution in [-0.4, -0.2) is 22.1 Å². The molecule has 1 heterocycles. The highest BCUT2D eigenvalue weighted by Crippen LogP contribution is 2.17. The van der Waals surface area contributed by atoms with Crippen molar-refractivity contribution in [1.29, 1.82) is 0 Å². The molecule has 0 saturated carbocycles. The first kappa shape index (κ1) is 11.0. The Bertz CT molecular complexity index is 312. The molecule has 2 N–H and O–H groups in total. The molecule has 0 aromatic carbocycles. The average molecular weight is 214 g/mol. The van der Waals surface area contributed by atoms with Gasteiger partial charge in [0.05, 0.1) is 0 Å². The van der Waals surface area contributed by atoms with Gasteiger partial charge in [-0.1, -0.05) is 13.3 Å². The summed E-state index contributed by atoms with van der Waals surface area (Å²) in [4.78, 5) is 14.5. The summed E-state index contributed by atoms with van der Waals surface area (Å²) in [5.74, 6) is -0.975. The summed E-state index contributed by atoms with van der Waals surface area (Å²) >= 11 is 1.33. The van der Waals surface area contributed by atoms with Crippen LogP contribution in [0, 0.1) is 0 Å². The summed E-state index contributed by atoms with van der Waals surface area (Å²) in [5, 5.41) is 14.0. The van der Waals surface area contributed by atoms with E-state index in [-0.39, 0.29) is 5.69 Å². The van der Waals surface area contributed by atoms with E-state index in [1.54, 1.807) is 5.38 Å². The molecule has 0 amide bonds. The minimum absolute atomic E-state index is 0.112. The highest BCUT2D eigenvalue weighted by Gasteiger charge is 2.09. The zero-order chi connectivity index (χ0) is 10.6. The fourth-order valence-electron chi connectivity index (χ4n) is 1.15. The lowest BCUT2D eigenvalue weighted by atomic mass is 10.2. The molecule has 0 radical (unpaired) electrons. The molecule has 0 aliphatic rings. The lowest BCUT2D eigenvalue weighted by molar-refractivity contribution is 0.0691. The third-order valence-corrected chi connectivity index (χ3v) is 2.59. The summed E-state index contributed by atoms with van der Waals surface area (Å²) in [6, 6.07) is 0.341. The second-order valence-electron chi connectivity index (χ2n) is 3.18. The molecule has 0 bridgehead atoms. The number of carbonyl (C=O) groups is 1. The van der Waals surface area contributed by atoms with Gasteiger partial charge >= 0.3 is 5.97 Å². The van der Waals surface area contributed by atoms with Gasteiger partial charge in [0.15, 0.2) is 10.8 Å². The van der Waals surface area contributed by atoms with E-state index >= 15 is 0 Å². The molecule has 0 aliphatic heterocycles. The summed E-state index contributed by atoms with van der Waals surface area (Å²) in [7, 11) is 0. The lowest BCUT2D eigenvalue weighted by Gasteiger charge is -2.10. The predicted molar refractivity (Wildman–Crippen MR) is 57.1 cm³/mol. The molecule has 5 heteroatoms. The van der Waals surface area contributed by atoms with E-state index in [9.17, 15) is 4.79 Å². The molecule has 78 valence electrons. The Kier molecular flexibility index (Phi) is 3.88. The van der Waals surface area contributed by atoms with Crippen LogP contribution in [-0.2, 0) is 0 Å². The van der Waals surface area contributed by atoms with Gasteiger partial charge in [0.25, 0.3) is 0 Å². The third-order valence-electron chi connectivity index (χ3n) is 1.81. The van der Waals surface area contributed by atoms with Crippen LogP contribution in [0.25, 0.3) is 0 Å². The Labute approximate surface area is 87.0 Å².